The number of hydrogen-bond donors (Lipinski definition) is 0. The lowest BCUT2D eigenvalue weighted by molar-refractivity contribution is 0.288. The monoisotopic (exact) mass is 315 g/mol. The van der Waals surface area contributed by atoms with Gasteiger partial charge in [0.15, 0.2) is 0 Å². The summed E-state index contributed by atoms with van der Waals surface area (Å²) in [6, 6.07) is 0. The van der Waals surface area contributed by atoms with Gasteiger partial charge in [0, 0.05) is 39.6 Å². The second kappa shape index (κ2) is 6.85. The van der Waals surface area contributed by atoms with Crippen LogP contribution in [0.1, 0.15) is 44.3 Å². The van der Waals surface area contributed by atoms with Crippen LogP contribution in [-0.4, -0.2) is 58.5 Å². The summed E-state index contributed by atoms with van der Waals surface area (Å²) in [7, 11) is 0.281. The van der Waals surface area contributed by atoms with Crippen LogP contribution in [0.3, 0.4) is 0 Å². The Hall–Kier alpha value is -0.990. The fraction of sp³-hybridized carbons (Fsp3) is 0.846. The van der Waals surface area contributed by atoms with Crippen LogP contribution in [-0.2, 0) is 17.3 Å². The van der Waals surface area contributed by atoms with Crippen molar-refractivity contribution in [1.82, 2.24) is 23.4 Å². The van der Waals surface area contributed by atoms with Crippen LogP contribution in [0.25, 0.3) is 0 Å². The molecular formula is C13H25N5O2S. The summed E-state index contributed by atoms with van der Waals surface area (Å²) in [5, 5.41) is 8.04. The molecule has 0 aliphatic carbocycles. The van der Waals surface area contributed by atoms with Gasteiger partial charge in [-0.1, -0.05) is 13.3 Å². The SMILES string of the molecule is CCCCN(C)S(=O)(=O)N1CCC(c2nncn2C)CC1. The smallest absolute Gasteiger partial charge is 0.281 e. The van der Waals surface area contributed by atoms with Gasteiger partial charge in [-0.3, -0.25) is 0 Å². The molecule has 0 unspecified atom stereocenters. The Bertz CT molecular complexity index is 549. The molecule has 1 aliphatic heterocycles. The molecule has 0 atom stereocenters. The fourth-order valence-corrected chi connectivity index (χ4v) is 4.13. The van der Waals surface area contributed by atoms with E-state index in [9.17, 15) is 8.42 Å². The van der Waals surface area contributed by atoms with Gasteiger partial charge < -0.3 is 4.57 Å². The van der Waals surface area contributed by atoms with E-state index in [1.807, 2.05) is 11.6 Å². The first-order valence-corrected chi connectivity index (χ1v) is 8.91. The fourth-order valence-electron chi connectivity index (χ4n) is 2.70. The molecule has 2 heterocycles. The summed E-state index contributed by atoms with van der Waals surface area (Å²) in [6.45, 7) is 3.75. The van der Waals surface area contributed by atoms with Crippen molar-refractivity contribution in [3.8, 4) is 0 Å². The number of aromatic nitrogens is 3. The van der Waals surface area contributed by atoms with Gasteiger partial charge in [0.1, 0.15) is 12.2 Å². The Labute approximate surface area is 127 Å². The van der Waals surface area contributed by atoms with Crippen molar-refractivity contribution in [1.29, 1.82) is 0 Å². The normalized spacial score (nSPS) is 18.5. The predicted octanol–water partition coefficient (Wildman–Crippen LogP) is 0.971. The van der Waals surface area contributed by atoms with Crippen LogP contribution in [0, 0.1) is 0 Å². The van der Waals surface area contributed by atoms with Crippen LogP contribution in [0.15, 0.2) is 6.33 Å². The molecule has 21 heavy (non-hydrogen) atoms. The molecule has 1 saturated heterocycles. The van der Waals surface area contributed by atoms with Gasteiger partial charge in [0.25, 0.3) is 10.2 Å². The molecule has 0 radical (unpaired) electrons. The van der Waals surface area contributed by atoms with E-state index in [1.54, 1.807) is 17.7 Å². The first kappa shape index (κ1) is 16.4. The van der Waals surface area contributed by atoms with Crippen LogP contribution >= 0.6 is 0 Å². The van der Waals surface area contributed by atoms with E-state index in [0.29, 0.717) is 25.6 Å². The highest BCUT2D eigenvalue weighted by atomic mass is 32.2. The van der Waals surface area contributed by atoms with Crippen LogP contribution in [0.5, 0.6) is 0 Å². The first-order chi connectivity index (χ1) is 9.96. The third-order valence-corrected chi connectivity index (χ3v) is 6.10. The zero-order valence-corrected chi connectivity index (χ0v) is 13.9. The minimum atomic E-state index is -3.31. The zero-order valence-electron chi connectivity index (χ0n) is 13.1. The Morgan fingerprint density at radius 2 is 2.05 bits per heavy atom. The van der Waals surface area contributed by atoms with E-state index in [-0.39, 0.29) is 0 Å². The minimum Gasteiger partial charge on any atom is -0.320 e. The minimum absolute atomic E-state index is 0.296. The maximum atomic E-state index is 12.5. The van der Waals surface area contributed by atoms with Gasteiger partial charge in [0.2, 0.25) is 0 Å². The maximum absolute atomic E-state index is 12.5. The average Bonchev–Trinajstić information content (AvgIpc) is 2.91. The molecule has 1 aliphatic rings. The number of piperidine rings is 1. The largest absolute Gasteiger partial charge is 0.320 e. The lowest BCUT2D eigenvalue weighted by atomic mass is 9.97. The van der Waals surface area contributed by atoms with E-state index in [1.165, 1.54) is 4.31 Å². The molecule has 2 rings (SSSR count). The number of unbranched alkanes of at least 4 members (excludes halogenated alkanes) is 1. The van der Waals surface area contributed by atoms with Crippen molar-refractivity contribution >= 4 is 10.2 Å². The van der Waals surface area contributed by atoms with Crippen LogP contribution in [0.4, 0.5) is 0 Å². The van der Waals surface area contributed by atoms with E-state index in [0.717, 1.165) is 31.5 Å². The topological polar surface area (TPSA) is 71.3 Å². The van der Waals surface area contributed by atoms with E-state index in [4.69, 9.17) is 0 Å². The second-order valence-electron chi connectivity index (χ2n) is 5.66. The summed E-state index contributed by atoms with van der Waals surface area (Å²) in [6.07, 6.45) is 5.18. The van der Waals surface area contributed by atoms with Crippen molar-refractivity contribution in [3.63, 3.8) is 0 Å². The third kappa shape index (κ3) is 3.61. The molecule has 0 spiro atoms. The van der Waals surface area contributed by atoms with Gasteiger partial charge in [0.05, 0.1) is 0 Å². The van der Waals surface area contributed by atoms with E-state index < -0.39 is 10.2 Å². The summed E-state index contributed by atoms with van der Waals surface area (Å²) in [4.78, 5) is 0. The molecule has 0 amide bonds. The van der Waals surface area contributed by atoms with Crippen LogP contribution in [0.2, 0.25) is 0 Å². The molecule has 0 aromatic carbocycles. The third-order valence-electron chi connectivity index (χ3n) is 4.11. The molecule has 8 heteroatoms. The quantitative estimate of drug-likeness (QED) is 0.784. The molecule has 7 nitrogen and oxygen atoms in total. The van der Waals surface area contributed by atoms with E-state index >= 15 is 0 Å². The number of rotatable bonds is 6. The van der Waals surface area contributed by atoms with Crippen LogP contribution < -0.4 is 0 Å². The summed E-state index contributed by atoms with van der Waals surface area (Å²) < 4.78 is 29.9. The highest BCUT2D eigenvalue weighted by molar-refractivity contribution is 7.86. The Kier molecular flexibility index (Phi) is 5.34. The maximum Gasteiger partial charge on any atom is 0.281 e. The molecule has 0 saturated carbocycles. The summed E-state index contributed by atoms with van der Waals surface area (Å²) in [5.41, 5.74) is 0. The van der Waals surface area contributed by atoms with Gasteiger partial charge in [-0.05, 0) is 19.3 Å². The van der Waals surface area contributed by atoms with Crippen molar-refractivity contribution in [2.24, 2.45) is 7.05 Å². The summed E-state index contributed by atoms with van der Waals surface area (Å²) in [5.74, 6) is 1.25. The molecule has 0 bridgehead atoms. The average molecular weight is 315 g/mol. The van der Waals surface area contributed by atoms with E-state index in [2.05, 4.69) is 17.1 Å². The molecule has 1 aromatic rings. The molecular weight excluding hydrogens is 290 g/mol. The van der Waals surface area contributed by atoms with Crippen molar-refractivity contribution in [2.45, 2.75) is 38.5 Å². The predicted molar refractivity (Wildman–Crippen MR) is 81.0 cm³/mol. The lowest BCUT2D eigenvalue weighted by Crippen LogP contribution is -2.45. The number of aryl methyl sites for hydroxylation is 1. The second-order valence-corrected chi connectivity index (χ2v) is 7.69. The Balaban J connectivity index is 1.95. The van der Waals surface area contributed by atoms with Gasteiger partial charge in [-0.25, -0.2) is 0 Å². The highest BCUT2D eigenvalue weighted by Gasteiger charge is 2.32. The first-order valence-electron chi connectivity index (χ1n) is 7.52. The van der Waals surface area contributed by atoms with Crippen molar-refractivity contribution < 1.29 is 8.42 Å². The van der Waals surface area contributed by atoms with Gasteiger partial charge in [-0.15, -0.1) is 10.2 Å². The standard InChI is InChI=1S/C13H25N5O2S/c1-4-5-8-17(3)21(19,20)18-9-6-12(7-10-18)13-15-14-11-16(13)2/h11-12H,4-10H2,1-3H3. The Morgan fingerprint density at radius 1 is 1.38 bits per heavy atom. The van der Waals surface area contributed by atoms with Crippen molar-refractivity contribution in [3.05, 3.63) is 12.2 Å². The zero-order chi connectivity index (χ0) is 15.5. The lowest BCUT2D eigenvalue weighted by Gasteiger charge is -2.33. The summed E-state index contributed by atoms with van der Waals surface area (Å²) >= 11 is 0. The van der Waals surface area contributed by atoms with Crippen molar-refractivity contribution in [2.75, 3.05) is 26.7 Å². The number of nitrogens with zero attached hydrogens (tertiary/aromatic N) is 5. The Morgan fingerprint density at radius 3 is 2.57 bits per heavy atom. The molecule has 1 fully saturated rings. The molecule has 0 N–H and O–H groups in total. The molecule has 120 valence electrons. The van der Waals surface area contributed by atoms with Gasteiger partial charge >= 0.3 is 0 Å². The molecule has 1 aromatic heterocycles. The number of hydrogen-bond acceptors (Lipinski definition) is 4. The highest BCUT2D eigenvalue weighted by Crippen LogP contribution is 2.27. The van der Waals surface area contributed by atoms with Gasteiger partial charge in [-0.2, -0.15) is 17.0 Å².